The molecule has 240 valence electrons. The van der Waals surface area contributed by atoms with Crippen LogP contribution in [-0.2, 0) is 16.0 Å². The van der Waals surface area contributed by atoms with Crippen LogP contribution < -0.4 is 21.5 Å². The van der Waals surface area contributed by atoms with E-state index in [2.05, 4.69) is 50.7 Å². The molecule has 4 rings (SSSR count). The van der Waals surface area contributed by atoms with Gasteiger partial charge in [0.05, 0.1) is 19.8 Å². The Morgan fingerprint density at radius 1 is 1.16 bits per heavy atom. The van der Waals surface area contributed by atoms with Crippen LogP contribution in [-0.4, -0.2) is 80.5 Å². The summed E-state index contributed by atoms with van der Waals surface area (Å²) in [5.41, 5.74) is 5.24. The minimum absolute atomic E-state index is 0.0463. The third-order valence-electron chi connectivity index (χ3n) is 9.19. The SMILES string of the molecule is CCC1(Nc2cc(C#CCN3CCOCC3)cc(C(=O)NCc3c(C)cc(C)[nH]c3=O)c2C)CCC(NCCCOC)CC1. The van der Waals surface area contributed by atoms with Gasteiger partial charge >= 0.3 is 0 Å². The molecule has 1 saturated carbocycles. The maximum atomic E-state index is 13.6. The number of nitrogens with one attached hydrogen (secondary N) is 4. The molecule has 2 aromatic rings. The van der Waals surface area contributed by atoms with E-state index in [-0.39, 0.29) is 23.6 Å². The molecular weight excluding hydrogens is 554 g/mol. The van der Waals surface area contributed by atoms with Crippen molar-refractivity contribution in [1.29, 1.82) is 0 Å². The van der Waals surface area contributed by atoms with Crippen LogP contribution in [0.3, 0.4) is 0 Å². The number of hydrogen-bond donors (Lipinski definition) is 4. The summed E-state index contributed by atoms with van der Waals surface area (Å²) in [4.78, 5) is 31.4. The molecule has 0 spiro atoms. The van der Waals surface area contributed by atoms with Crippen LogP contribution in [0.1, 0.15) is 83.8 Å². The summed E-state index contributed by atoms with van der Waals surface area (Å²) in [6.45, 7) is 13.8. The lowest BCUT2D eigenvalue weighted by Crippen LogP contribution is -2.46. The quantitative estimate of drug-likeness (QED) is 0.214. The fraction of sp³-hybridized carbons (Fsp3) is 0.600. The summed E-state index contributed by atoms with van der Waals surface area (Å²) in [6.07, 6.45) is 6.31. The van der Waals surface area contributed by atoms with Crippen molar-refractivity contribution in [1.82, 2.24) is 20.5 Å². The highest BCUT2D eigenvalue weighted by Crippen LogP contribution is 2.36. The summed E-state index contributed by atoms with van der Waals surface area (Å²) in [6, 6.07) is 6.42. The molecular formula is C35H51N5O4. The molecule has 1 aliphatic carbocycles. The maximum Gasteiger partial charge on any atom is 0.253 e. The van der Waals surface area contributed by atoms with E-state index in [1.165, 1.54) is 0 Å². The van der Waals surface area contributed by atoms with Gasteiger partial charge in [0.1, 0.15) is 0 Å². The number of hydrogen-bond acceptors (Lipinski definition) is 7. The van der Waals surface area contributed by atoms with Crippen LogP contribution in [0.5, 0.6) is 0 Å². The highest BCUT2D eigenvalue weighted by molar-refractivity contribution is 5.97. The fourth-order valence-electron chi connectivity index (χ4n) is 6.28. The molecule has 9 nitrogen and oxygen atoms in total. The van der Waals surface area contributed by atoms with Gasteiger partial charge in [0.2, 0.25) is 0 Å². The van der Waals surface area contributed by atoms with E-state index >= 15 is 0 Å². The number of H-pyrrole nitrogens is 1. The smallest absolute Gasteiger partial charge is 0.253 e. The van der Waals surface area contributed by atoms with Crippen molar-refractivity contribution >= 4 is 11.6 Å². The second kappa shape index (κ2) is 16.2. The molecule has 4 N–H and O–H groups in total. The number of carbonyl (C=O) groups is 1. The first kappa shape index (κ1) is 33.7. The first-order valence-electron chi connectivity index (χ1n) is 16.2. The molecule has 1 amide bonds. The van der Waals surface area contributed by atoms with Crippen molar-refractivity contribution in [3.05, 3.63) is 62.1 Å². The Bertz CT molecular complexity index is 1380. The zero-order chi connectivity index (χ0) is 31.5. The third kappa shape index (κ3) is 9.18. The number of nitrogens with zero attached hydrogens (tertiary/aromatic N) is 1. The maximum absolute atomic E-state index is 13.6. The number of aromatic amines is 1. The van der Waals surface area contributed by atoms with E-state index in [9.17, 15) is 9.59 Å². The molecule has 2 heterocycles. The highest BCUT2D eigenvalue weighted by atomic mass is 16.5. The van der Waals surface area contributed by atoms with Gasteiger partial charge in [0.15, 0.2) is 0 Å². The summed E-state index contributed by atoms with van der Waals surface area (Å²) in [7, 11) is 1.75. The summed E-state index contributed by atoms with van der Waals surface area (Å²) in [5.74, 6) is 6.44. The number of aryl methyl sites for hydroxylation is 2. The minimum Gasteiger partial charge on any atom is -0.385 e. The van der Waals surface area contributed by atoms with Crippen molar-refractivity contribution in [2.75, 3.05) is 58.4 Å². The molecule has 2 aliphatic rings. The Morgan fingerprint density at radius 3 is 2.59 bits per heavy atom. The van der Waals surface area contributed by atoms with Gasteiger partial charge in [0, 0.05) is 73.0 Å². The second-order valence-corrected chi connectivity index (χ2v) is 12.3. The number of carbonyl (C=O) groups excluding carboxylic acids is 1. The standard InChI is InChI=1S/C35H51N5O4/c1-6-35(12-10-29(11-13-35)36-14-8-18-43-5)39-32-23-28(9-7-15-40-16-19-44-20-17-40)22-30(27(32)4)33(41)37-24-31-25(2)21-26(3)38-34(31)42/h21-23,29,36,39H,6,8,10-20,24H2,1-5H3,(H,37,41)(H,38,42). The molecule has 0 bridgehead atoms. The predicted octanol–water partition coefficient (Wildman–Crippen LogP) is 4.04. The lowest BCUT2D eigenvalue weighted by molar-refractivity contribution is 0.0443. The van der Waals surface area contributed by atoms with E-state index in [0.717, 1.165) is 106 Å². The zero-order valence-corrected chi connectivity index (χ0v) is 27.3. The number of anilines is 1. The van der Waals surface area contributed by atoms with E-state index in [1.54, 1.807) is 7.11 Å². The molecule has 1 aromatic carbocycles. The number of methoxy groups -OCH3 is 1. The molecule has 9 heteroatoms. The molecule has 1 saturated heterocycles. The average Bonchev–Trinajstić information content (AvgIpc) is 3.01. The largest absolute Gasteiger partial charge is 0.385 e. The van der Waals surface area contributed by atoms with Gasteiger partial charge < -0.3 is 30.4 Å². The van der Waals surface area contributed by atoms with Crippen LogP contribution in [0.15, 0.2) is 23.0 Å². The Balaban J connectivity index is 1.54. The molecule has 0 radical (unpaired) electrons. The van der Waals surface area contributed by atoms with Gasteiger partial charge in [-0.3, -0.25) is 14.5 Å². The van der Waals surface area contributed by atoms with Crippen LogP contribution in [0, 0.1) is 32.6 Å². The topological polar surface area (TPSA) is 108 Å². The first-order chi connectivity index (χ1) is 21.2. The van der Waals surface area contributed by atoms with Crippen molar-refractivity contribution in [3.8, 4) is 11.8 Å². The molecule has 1 aromatic heterocycles. The number of ether oxygens (including phenoxy) is 2. The number of morpholine rings is 1. The number of pyridine rings is 1. The normalized spacial score (nSPS) is 20.5. The van der Waals surface area contributed by atoms with Crippen LogP contribution in [0.25, 0.3) is 0 Å². The number of aromatic nitrogens is 1. The summed E-state index contributed by atoms with van der Waals surface area (Å²) < 4.78 is 10.7. The Morgan fingerprint density at radius 2 is 1.91 bits per heavy atom. The Kier molecular flexibility index (Phi) is 12.4. The number of rotatable bonds is 12. The van der Waals surface area contributed by atoms with Gasteiger partial charge in [-0.05, 0) is 95.2 Å². The lowest BCUT2D eigenvalue weighted by Gasteiger charge is -2.42. The molecule has 44 heavy (non-hydrogen) atoms. The lowest BCUT2D eigenvalue weighted by atomic mass is 9.77. The molecule has 0 unspecified atom stereocenters. The van der Waals surface area contributed by atoms with Gasteiger partial charge in [-0.1, -0.05) is 18.8 Å². The molecule has 2 fully saturated rings. The molecule has 0 atom stereocenters. The van der Waals surface area contributed by atoms with Gasteiger partial charge in [0.25, 0.3) is 11.5 Å². The first-order valence-corrected chi connectivity index (χ1v) is 16.2. The summed E-state index contributed by atoms with van der Waals surface area (Å²) in [5, 5.41) is 10.6. The van der Waals surface area contributed by atoms with E-state index < -0.39 is 0 Å². The monoisotopic (exact) mass is 605 g/mol. The second-order valence-electron chi connectivity index (χ2n) is 12.3. The van der Waals surface area contributed by atoms with Crippen molar-refractivity contribution in [3.63, 3.8) is 0 Å². The average molecular weight is 606 g/mol. The van der Waals surface area contributed by atoms with Crippen LogP contribution >= 0.6 is 0 Å². The van der Waals surface area contributed by atoms with Gasteiger partial charge in [-0.2, -0.15) is 0 Å². The van der Waals surface area contributed by atoms with Gasteiger partial charge in [-0.15, -0.1) is 0 Å². The fourth-order valence-corrected chi connectivity index (χ4v) is 6.28. The van der Waals surface area contributed by atoms with E-state index in [4.69, 9.17) is 9.47 Å². The molecule has 1 aliphatic heterocycles. The van der Waals surface area contributed by atoms with Crippen LogP contribution in [0.2, 0.25) is 0 Å². The Hall–Kier alpha value is -3.16. The highest BCUT2D eigenvalue weighted by Gasteiger charge is 2.34. The predicted molar refractivity (Wildman–Crippen MR) is 176 cm³/mol. The van der Waals surface area contributed by atoms with Crippen molar-refractivity contribution in [2.45, 2.75) is 84.3 Å². The number of benzene rings is 1. The number of amides is 1. The van der Waals surface area contributed by atoms with E-state index in [1.807, 2.05) is 32.9 Å². The van der Waals surface area contributed by atoms with Crippen LogP contribution in [0.4, 0.5) is 5.69 Å². The van der Waals surface area contributed by atoms with E-state index in [0.29, 0.717) is 23.7 Å². The third-order valence-corrected chi connectivity index (χ3v) is 9.19. The van der Waals surface area contributed by atoms with Gasteiger partial charge in [-0.25, -0.2) is 0 Å². The van der Waals surface area contributed by atoms with Crippen molar-refractivity contribution in [2.24, 2.45) is 0 Å². The minimum atomic E-state index is -0.212. The Labute approximate surface area is 262 Å². The summed E-state index contributed by atoms with van der Waals surface area (Å²) >= 11 is 0. The zero-order valence-electron chi connectivity index (χ0n) is 27.3. The van der Waals surface area contributed by atoms with Crippen molar-refractivity contribution < 1.29 is 14.3 Å².